The molecule has 1 amide bonds. The normalized spacial score (nSPS) is 12.5. The van der Waals surface area contributed by atoms with Gasteiger partial charge in [0.25, 0.3) is 0 Å². The van der Waals surface area contributed by atoms with Crippen LogP contribution in [-0.4, -0.2) is 30.0 Å². The number of hydrogen-bond acceptors (Lipinski definition) is 2. The number of rotatable bonds is 7. The monoisotopic (exact) mass is 273 g/mol. The summed E-state index contributed by atoms with van der Waals surface area (Å²) in [6.45, 7) is 5.25. The summed E-state index contributed by atoms with van der Waals surface area (Å²) >= 11 is 0. The average molecular weight is 273 g/mol. The highest BCUT2D eigenvalue weighted by Gasteiger charge is 2.05. The molecule has 1 unspecified atom stereocenters. The first kappa shape index (κ1) is 14.6. The molecule has 1 heterocycles. The van der Waals surface area contributed by atoms with E-state index >= 15 is 0 Å². The molecule has 0 saturated heterocycles. The lowest BCUT2D eigenvalue weighted by Gasteiger charge is -2.11. The number of benzene rings is 1. The number of para-hydroxylation sites is 1. The zero-order valence-electron chi connectivity index (χ0n) is 12.2. The quantitative estimate of drug-likeness (QED) is 0.724. The van der Waals surface area contributed by atoms with Gasteiger partial charge in [0, 0.05) is 29.7 Å². The Morgan fingerprint density at radius 1 is 1.35 bits per heavy atom. The lowest BCUT2D eigenvalue weighted by atomic mass is 10.1. The molecule has 0 aliphatic rings. The summed E-state index contributed by atoms with van der Waals surface area (Å²) in [7, 11) is 0. The molecule has 3 N–H and O–H groups in total. The molecule has 4 nitrogen and oxygen atoms in total. The van der Waals surface area contributed by atoms with Gasteiger partial charge in [0.1, 0.15) is 0 Å². The number of amides is 1. The van der Waals surface area contributed by atoms with Crippen molar-refractivity contribution >= 4 is 16.8 Å². The van der Waals surface area contributed by atoms with Crippen LogP contribution < -0.4 is 10.6 Å². The van der Waals surface area contributed by atoms with E-state index in [1.807, 2.05) is 18.3 Å². The summed E-state index contributed by atoms with van der Waals surface area (Å²) < 4.78 is 0. The van der Waals surface area contributed by atoms with Crippen LogP contribution in [0.2, 0.25) is 0 Å². The number of carbonyl (C=O) groups is 1. The Morgan fingerprint density at radius 2 is 2.15 bits per heavy atom. The van der Waals surface area contributed by atoms with E-state index in [0.717, 1.165) is 18.4 Å². The molecule has 0 fully saturated rings. The zero-order valence-corrected chi connectivity index (χ0v) is 12.2. The van der Waals surface area contributed by atoms with E-state index < -0.39 is 0 Å². The van der Waals surface area contributed by atoms with Crippen LogP contribution in [-0.2, 0) is 11.2 Å². The summed E-state index contributed by atoms with van der Waals surface area (Å²) in [5.74, 6) is 0.0603. The maximum Gasteiger partial charge on any atom is 0.233 e. The van der Waals surface area contributed by atoms with Crippen LogP contribution in [0.25, 0.3) is 10.9 Å². The molecule has 0 radical (unpaired) electrons. The van der Waals surface area contributed by atoms with Crippen molar-refractivity contribution < 1.29 is 4.79 Å². The molecule has 2 aromatic rings. The highest BCUT2D eigenvalue weighted by atomic mass is 16.1. The van der Waals surface area contributed by atoms with Gasteiger partial charge < -0.3 is 15.6 Å². The van der Waals surface area contributed by atoms with E-state index in [1.165, 1.54) is 10.9 Å². The molecule has 0 saturated carbocycles. The Kier molecular flexibility index (Phi) is 5.18. The summed E-state index contributed by atoms with van der Waals surface area (Å²) in [4.78, 5) is 14.9. The van der Waals surface area contributed by atoms with Gasteiger partial charge in [0.2, 0.25) is 5.91 Å². The molecule has 0 bridgehead atoms. The maximum absolute atomic E-state index is 11.7. The molecule has 0 aliphatic carbocycles. The molecular weight excluding hydrogens is 250 g/mol. The van der Waals surface area contributed by atoms with Crippen LogP contribution in [0.4, 0.5) is 0 Å². The van der Waals surface area contributed by atoms with E-state index in [-0.39, 0.29) is 5.91 Å². The van der Waals surface area contributed by atoms with Crippen LogP contribution >= 0.6 is 0 Å². The van der Waals surface area contributed by atoms with Crippen molar-refractivity contribution in [2.45, 2.75) is 32.7 Å². The van der Waals surface area contributed by atoms with Gasteiger partial charge in [-0.3, -0.25) is 4.79 Å². The van der Waals surface area contributed by atoms with E-state index in [0.29, 0.717) is 19.1 Å². The van der Waals surface area contributed by atoms with Gasteiger partial charge in [-0.1, -0.05) is 25.1 Å². The molecule has 1 aromatic carbocycles. The van der Waals surface area contributed by atoms with Gasteiger partial charge in [-0.05, 0) is 31.4 Å². The minimum Gasteiger partial charge on any atom is -0.361 e. The Balaban J connectivity index is 1.77. The van der Waals surface area contributed by atoms with Crippen molar-refractivity contribution in [2.24, 2.45) is 0 Å². The molecule has 0 aliphatic heterocycles. The molecule has 108 valence electrons. The standard InChI is InChI=1S/C16H23N3O/c1-3-12(2)18-11-16(20)17-9-8-13-10-19-15-7-5-4-6-14(13)15/h4-7,10,12,18-19H,3,8-9,11H2,1-2H3,(H,17,20). The first-order valence-corrected chi connectivity index (χ1v) is 7.25. The zero-order chi connectivity index (χ0) is 14.4. The number of aromatic nitrogens is 1. The molecule has 1 aromatic heterocycles. The molecule has 4 heteroatoms. The first-order chi connectivity index (χ1) is 9.70. The second kappa shape index (κ2) is 7.10. The van der Waals surface area contributed by atoms with Crippen molar-refractivity contribution in [3.63, 3.8) is 0 Å². The third kappa shape index (κ3) is 3.84. The predicted octanol–water partition coefficient (Wildman–Crippen LogP) is 2.21. The Morgan fingerprint density at radius 3 is 2.95 bits per heavy atom. The molecular formula is C16H23N3O. The van der Waals surface area contributed by atoms with Gasteiger partial charge in [-0.25, -0.2) is 0 Å². The highest BCUT2D eigenvalue weighted by molar-refractivity contribution is 5.83. The fourth-order valence-electron chi connectivity index (χ4n) is 2.15. The van der Waals surface area contributed by atoms with Crippen molar-refractivity contribution in [1.82, 2.24) is 15.6 Å². The number of H-pyrrole nitrogens is 1. The number of nitrogens with one attached hydrogen (secondary N) is 3. The van der Waals surface area contributed by atoms with Crippen LogP contribution in [0.15, 0.2) is 30.5 Å². The van der Waals surface area contributed by atoms with Crippen molar-refractivity contribution in [3.8, 4) is 0 Å². The van der Waals surface area contributed by atoms with Crippen LogP contribution in [0.1, 0.15) is 25.8 Å². The summed E-state index contributed by atoms with van der Waals surface area (Å²) in [5, 5.41) is 7.37. The fourth-order valence-corrected chi connectivity index (χ4v) is 2.15. The second-order valence-electron chi connectivity index (χ2n) is 5.15. The minimum absolute atomic E-state index is 0.0603. The summed E-state index contributed by atoms with van der Waals surface area (Å²) in [6, 6.07) is 8.61. The Labute approximate surface area is 120 Å². The Hall–Kier alpha value is -1.81. The fraction of sp³-hybridized carbons (Fsp3) is 0.438. The lowest BCUT2D eigenvalue weighted by molar-refractivity contribution is -0.120. The third-order valence-electron chi connectivity index (χ3n) is 3.61. The van der Waals surface area contributed by atoms with Gasteiger partial charge in [0.05, 0.1) is 6.54 Å². The van der Waals surface area contributed by atoms with Crippen molar-refractivity contribution in [1.29, 1.82) is 0 Å². The smallest absolute Gasteiger partial charge is 0.233 e. The third-order valence-corrected chi connectivity index (χ3v) is 3.61. The van der Waals surface area contributed by atoms with Crippen molar-refractivity contribution in [3.05, 3.63) is 36.0 Å². The van der Waals surface area contributed by atoms with Gasteiger partial charge >= 0.3 is 0 Å². The second-order valence-corrected chi connectivity index (χ2v) is 5.15. The molecule has 2 rings (SSSR count). The predicted molar refractivity (Wildman–Crippen MR) is 82.8 cm³/mol. The topological polar surface area (TPSA) is 56.9 Å². The summed E-state index contributed by atoms with van der Waals surface area (Å²) in [5.41, 5.74) is 2.39. The number of fused-ring (bicyclic) bond motifs is 1. The van der Waals surface area contributed by atoms with Gasteiger partial charge in [-0.15, -0.1) is 0 Å². The van der Waals surface area contributed by atoms with Gasteiger partial charge in [0.15, 0.2) is 0 Å². The van der Waals surface area contributed by atoms with Crippen LogP contribution in [0.5, 0.6) is 0 Å². The highest BCUT2D eigenvalue weighted by Crippen LogP contribution is 2.17. The SMILES string of the molecule is CCC(C)NCC(=O)NCCc1c[nH]c2ccccc12. The van der Waals surface area contributed by atoms with E-state index in [9.17, 15) is 4.79 Å². The molecule has 20 heavy (non-hydrogen) atoms. The number of carbonyl (C=O) groups excluding carboxylic acids is 1. The van der Waals surface area contributed by atoms with E-state index in [2.05, 4.69) is 41.6 Å². The maximum atomic E-state index is 11.7. The summed E-state index contributed by atoms with van der Waals surface area (Å²) in [6.07, 6.45) is 3.90. The average Bonchev–Trinajstić information content (AvgIpc) is 2.88. The van der Waals surface area contributed by atoms with Crippen LogP contribution in [0.3, 0.4) is 0 Å². The Bertz CT molecular complexity index is 562. The van der Waals surface area contributed by atoms with E-state index in [1.54, 1.807) is 0 Å². The van der Waals surface area contributed by atoms with Gasteiger partial charge in [-0.2, -0.15) is 0 Å². The number of hydrogen-bond donors (Lipinski definition) is 3. The minimum atomic E-state index is 0.0603. The largest absolute Gasteiger partial charge is 0.361 e. The lowest BCUT2D eigenvalue weighted by Crippen LogP contribution is -2.38. The molecule has 1 atom stereocenters. The first-order valence-electron chi connectivity index (χ1n) is 7.25. The number of aromatic amines is 1. The molecule has 0 spiro atoms. The van der Waals surface area contributed by atoms with E-state index in [4.69, 9.17) is 0 Å². The van der Waals surface area contributed by atoms with Crippen molar-refractivity contribution in [2.75, 3.05) is 13.1 Å². The van der Waals surface area contributed by atoms with Crippen LogP contribution in [0, 0.1) is 0 Å².